The van der Waals surface area contributed by atoms with Gasteiger partial charge in [-0.2, -0.15) is 0 Å². The van der Waals surface area contributed by atoms with Crippen LogP contribution in [0, 0.1) is 5.41 Å². The number of halogens is 1. The fourth-order valence-electron chi connectivity index (χ4n) is 1.90. The van der Waals surface area contributed by atoms with E-state index in [0.717, 1.165) is 15.9 Å². The highest BCUT2D eigenvalue weighted by Gasteiger charge is 2.47. The Hall–Kier alpha value is -1.27. The lowest BCUT2D eigenvalue weighted by atomic mass is 9.86. The van der Waals surface area contributed by atoms with Gasteiger partial charge in [0.15, 0.2) is 0 Å². The van der Waals surface area contributed by atoms with Crippen LogP contribution in [-0.4, -0.2) is 39.9 Å². The Balaban J connectivity index is 2.02. The van der Waals surface area contributed by atoms with E-state index in [1.54, 1.807) is 7.11 Å². The molecule has 0 aromatic heterocycles. The summed E-state index contributed by atoms with van der Waals surface area (Å²) in [5.74, 6) is 0.527. The quantitative estimate of drug-likeness (QED) is 0.838. The number of carbonyl (C=O) groups excluding carboxylic acids is 1. The van der Waals surface area contributed by atoms with Gasteiger partial charge in [-0.25, -0.2) is 0 Å². The molecule has 1 aromatic carbocycles. The van der Waals surface area contributed by atoms with Crippen molar-refractivity contribution in [2.24, 2.45) is 5.41 Å². The van der Waals surface area contributed by atoms with Crippen LogP contribution in [-0.2, 0) is 14.3 Å². The van der Waals surface area contributed by atoms with E-state index >= 15 is 0 Å². The zero-order valence-electron chi connectivity index (χ0n) is 10.9. The van der Waals surface area contributed by atoms with E-state index in [0.29, 0.717) is 19.8 Å². The predicted octanol–water partition coefficient (Wildman–Crippen LogP) is 2.06. The zero-order chi connectivity index (χ0) is 13.9. The fourth-order valence-corrected chi connectivity index (χ4v) is 2.45. The van der Waals surface area contributed by atoms with Crippen molar-refractivity contribution in [3.63, 3.8) is 0 Å². The molecule has 0 saturated carbocycles. The van der Waals surface area contributed by atoms with E-state index in [2.05, 4.69) is 21.2 Å². The minimum absolute atomic E-state index is 0.237. The molecule has 2 rings (SSSR count). The van der Waals surface area contributed by atoms with Gasteiger partial charge in [0.25, 0.3) is 0 Å². The molecule has 0 aliphatic carbocycles. The lowest BCUT2D eigenvalue weighted by molar-refractivity contribution is -0.180. The van der Waals surface area contributed by atoms with Crippen LogP contribution in [0.2, 0.25) is 0 Å². The van der Waals surface area contributed by atoms with Gasteiger partial charge in [0.2, 0.25) is 0 Å². The first kappa shape index (κ1) is 14.1. The van der Waals surface area contributed by atoms with E-state index in [-0.39, 0.29) is 5.97 Å². The smallest absolute Gasteiger partial charge is 0.318 e. The van der Waals surface area contributed by atoms with E-state index < -0.39 is 5.41 Å². The van der Waals surface area contributed by atoms with Crippen LogP contribution < -0.4 is 10.1 Å². The highest BCUT2D eigenvalue weighted by molar-refractivity contribution is 9.10. The minimum atomic E-state index is -0.568. The highest BCUT2D eigenvalue weighted by Crippen LogP contribution is 2.31. The normalized spacial score (nSPS) is 16.4. The number of esters is 1. The van der Waals surface area contributed by atoms with Crippen molar-refractivity contribution in [3.8, 4) is 5.75 Å². The molecule has 0 bridgehead atoms. The zero-order valence-corrected chi connectivity index (χ0v) is 12.5. The monoisotopic (exact) mass is 329 g/mol. The molecule has 6 heteroatoms. The van der Waals surface area contributed by atoms with Gasteiger partial charge < -0.3 is 19.5 Å². The summed E-state index contributed by atoms with van der Waals surface area (Å²) in [6.45, 7) is 1.27. The second kappa shape index (κ2) is 5.79. The molecular formula is C13H16BrNO4. The summed E-state index contributed by atoms with van der Waals surface area (Å²) in [5, 5.41) is 3.23. The van der Waals surface area contributed by atoms with Crippen molar-refractivity contribution in [3.05, 3.63) is 22.7 Å². The Kier molecular flexibility index (Phi) is 4.31. The molecule has 1 aromatic rings. The molecule has 1 aliphatic heterocycles. The van der Waals surface area contributed by atoms with Gasteiger partial charge >= 0.3 is 5.97 Å². The first-order valence-electron chi connectivity index (χ1n) is 5.85. The van der Waals surface area contributed by atoms with E-state index in [1.807, 2.05) is 18.2 Å². The van der Waals surface area contributed by atoms with Crippen LogP contribution in [0.15, 0.2) is 22.7 Å². The standard InChI is InChI=1S/C13H16BrNO4/c1-17-11-4-3-9(5-10(11)14)15-6-13(7-19-8-13)12(16)18-2/h3-5,15H,6-8H2,1-2H3. The average Bonchev–Trinajstić information content (AvgIpc) is 2.37. The maximum atomic E-state index is 11.7. The van der Waals surface area contributed by atoms with Crippen LogP contribution in [0.1, 0.15) is 0 Å². The second-order valence-electron chi connectivity index (χ2n) is 4.47. The van der Waals surface area contributed by atoms with Crippen LogP contribution >= 0.6 is 15.9 Å². The minimum Gasteiger partial charge on any atom is -0.496 e. The van der Waals surface area contributed by atoms with Crippen LogP contribution in [0.25, 0.3) is 0 Å². The van der Waals surface area contributed by atoms with Gasteiger partial charge in [-0.1, -0.05) is 0 Å². The SMILES string of the molecule is COC(=O)C1(CNc2ccc(OC)c(Br)c2)COC1. The molecule has 0 atom stereocenters. The summed E-state index contributed by atoms with van der Waals surface area (Å²) in [4.78, 5) is 11.7. The van der Waals surface area contributed by atoms with Crippen LogP contribution in [0.5, 0.6) is 5.75 Å². The molecule has 1 saturated heterocycles. The lowest BCUT2D eigenvalue weighted by Gasteiger charge is -2.38. The molecule has 5 nitrogen and oxygen atoms in total. The van der Waals surface area contributed by atoms with Gasteiger partial charge in [-0.15, -0.1) is 0 Å². The van der Waals surface area contributed by atoms with Crippen molar-refractivity contribution in [2.45, 2.75) is 0 Å². The summed E-state index contributed by atoms with van der Waals surface area (Å²) < 4.78 is 16.0. The average molecular weight is 330 g/mol. The number of methoxy groups -OCH3 is 2. The largest absolute Gasteiger partial charge is 0.496 e. The van der Waals surface area contributed by atoms with Crippen molar-refractivity contribution in [2.75, 3.05) is 39.3 Å². The summed E-state index contributed by atoms with van der Waals surface area (Å²) >= 11 is 3.42. The molecule has 0 radical (unpaired) electrons. The summed E-state index contributed by atoms with van der Waals surface area (Å²) in [6, 6.07) is 5.66. The number of rotatable bonds is 5. The number of anilines is 1. The Labute approximate surface area is 120 Å². The molecule has 1 N–H and O–H groups in total. The van der Waals surface area contributed by atoms with Crippen molar-refractivity contribution >= 4 is 27.6 Å². The highest BCUT2D eigenvalue weighted by atomic mass is 79.9. The Morgan fingerprint density at radius 3 is 2.68 bits per heavy atom. The Morgan fingerprint density at radius 2 is 2.21 bits per heavy atom. The summed E-state index contributed by atoms with van der Waals surface area (Å²) in [6.07, 6.45) is 0. The second-order valence-corrected chi connectivity index (χ2v) is 5.32. The number of benzene rings is 1. The van der Waals surface area contributed by atoms with Crippen LogP contribution in [0.3, 0.4) is 0 Å². The lowest BCUT2D eigenvalue weighted by Crippen LogP contribution is -2.54. The molecule has 1 aliphatic rings. The molecule has 104 valence electrons. The van der Waals surface area contributed by atoms with Gasteiger partial charge in [-0.3, -0.25) is 4.79 Å². The third-order valence-electron chi connectivity index (χ3n) is 3.16. The van der Waals surface area contributed by atoms with Crippen molar-refractivity contribution in [1.82, 2.24) is 0 Å². The molecule has 0 amide bonds. The number of hydrogen-bond donors (Lipinski definition) is 1. The first-order valence-corrected chi connectivity index (χ1v) is 6.64. The van der Waals surface area contributed by atoms with Crippen molar-refractivity contribution < 1.29 is 19.0 Å². The van der Waals surface area contributed by atoms with Crippen molar-refractivity contribution in [1.29, 1.82) is 0 Å². The third-order valence-corrected chi connectivity index (χ3v) is 3.78. The molecular weight excluding hydrogens is 314 g/mol. The number of hydrogen-bond acceptors (Lipinski definition) is 5. The van der Waals surface area contributed by atoms with Gasteiger partial charge in [0.1, 0.15) is 11.2 Å². The molecule has 0 unspecified atom stereocenters. The summed E-state index contributed by atoms with van der Waals surface area (Å²) in [5.41, 5.74) is 0.337. The molecule has 1 fully saturated rings. The Morgan fingerprint density at radius 1 is 1.47 bits per heavy atom. The fraction of sp³-hybridized carbons (Fsp3) is 0.462. The first-order chi connectivity index (χ1) is 9.11. The number of nitrogens with one attached hydrogen (secondary N) is 1. The number of carbonyl (C=O) groups is 1. The Bertz CT molecular complexity index is 474. The summed E-state index contributed by atoms with van der Waals surface area (Å²) in [7, 11) is 3.01. The molecule has 1 heterocycles. The van der Waals surface area contributed by atoms with E-state index in [1.165, 1.54) is 7.11 Å². The maximum absolute atomic E-state index is 11.7. The van der Waals surface area contributed by atoms with Crippen LogP contribution in [0.4, 0.5) is 5.69 Å². The topological polar surface area (TPSA) is 56.8 Å². The predicted molar refractivity (Wildman–Crippen MR) is 74.5 cm³/mol. The van der Waals surface area contributed by atoms with E-state index in [9.17, 15) is 4.79 Å². The van der Waals surface area contributed by atoms with E-state index in [4.69, 9.17) is 14.2 Å². The van der Waals surface area contributed by atoms with Gasteiger partial charge in [0.05, 0.1) is 31.9 Å². The number of ether oxygens (including phenoxy) is 3. The third kappa shape index (κ3) is 2.84. The molecule has 19 heavy (non-hydrogen) atoms. The van der Waals surface area contributed by atoms with Gasteiger partial charge in [-0.05, 0) is 34.1 Å². The van der Waals surface area contributed by atoms with Gasteiger partial charge in [0, 0.05) is 12.2 Å². The maximum Gasteiger partial charge on any atom is 0.318 e. The molecule has 0 spiro atoms.